The lowest BCUT2D eigenvalue weighted by atomic mass is 10.1. The molecule has 0 bridgehead atoms. The molecular weight excluding hydrogens is 370 g/mol. The normalized spacial score (nSPS) is 17.0. The molecule has 0 unspecified atom stereocenters. The lowest BCUT2D eigenvalue weighted by molar-refractivity contribution is -0.122. The molecule has 1 aliphatic heterocycles. The van der Waals surface area contributed by atoms with Crippen LogP contribution in [0.25, 0.3) is 6.08 Å². The highest BCUT2D eigenvalue weighted by Gasteiger charge is 2.35. The number of thiocarbonyl (C=S) groups is 1. The van der Waals surface area contributed by atoms with Crippen LogP contribution in [0.1, 0.15) is 26.5 Å². The van der Waals surface area contributed by atoms with Crippen molar-refractivity contribution in [2.24, 2.45) is 0 Å². The summed E-state index contributed by atoms with van der Waals surface area (Å²) in [6.07, 6.45) is 3.50. The van der Waals surface area contributed by atoms with Gasteiger partial charge in [-0.2, -0.15) is 0 Å². The van der Waals surface area contributed by atoms with Crippen LogP contribution in [0.15, 0.2) is 48.2 Å². The smallest absolute Gasteiger partial charge is 0.270 e. The maximum Gasteiger partial charge on any atom is 0.270 e. The summed E-state index contributed by atoms with van der Waals surface area (Å²) in [4.78, 5) is 26.7. The SMILES string of the molecule is CC(C)(C)n1cccc1/C=C1\C(=O)NC(=S)N(c2cccc(Cl)c2)C1=O. The highest BCUT2D eigenvalue weighted by Crippen LogP contribution is 2.26. The van der Waals surface area contributed by atoms with Crippen LogP contribution < -0.4 is 10.2 Å². The second-order valence-electron chi connectivity index (χ2n) is 6.91. The van der Waals surface area contributed by atoms with Crippen molar-refractivity contribution >= 4 is 52.5 Å². The van der Waals surface area contributed by atoms with Crippen molar-refractivity contribution in [3.8, 4) is 0 Å². The number of nitrogens with zero attached hydrogens (tertiary/aromatic N) is 2. The Labute approximate surface area is 162 Å². The standard InChI is InChI=1S/C19H18ClN3O2S/c1-19(2,3)22-9-5-8-13(22)11-15-16(24)21-18(26)23(17(15)25)14-7-4-6-12(20)10-14/h4-11H,1-3H3,(H,21,24,26)/b15-11+. The van der Waals surface area contributed by atoms with E-state index in [1.807, 2.05) is 43.7 Å². The van der Waals surface area contributed by atoms with Gasteiger partial charge in [0.05, 0.1) is 5.69 Å². The lowest BCUT2D eigenvalue weighted by Crippen LogP contribution is -2.54. The molecule has 1 saturated heterocycles. The van der Waals surface area contributed by atoms with Crippen LogP contribution in [-0.2, 0) is 15.1 Å². The molecule has 2 aromatic rings. The fourth-order valence-electron chi connectivity index (χ4n) is 2.78. The van der Waals surface area contributed by atoms with E-state index in [-0.39, 0.29) is 16.2 Å². The van der Waals surface area contributed by atoms with Gasteiger partial charge in [0.25, 0.3) is 11.8 Å². The first-order valence-electron chi connectivity index (χ1n) is 8.03. The zero-order chi connectivity index (χ0) is 19.1. The molecule has 0 radical (unpaired) electrons. The van der Waals surface area contributed by atoms with Crippen LogP contribution in [0, 0.1) is 0 Å². The lowest BCUT2D eigenvalue weighted by Gasteiger charge is -2.29. The van der Waals surface area contributed by atoms with Gasteiger partial charge >= 0.3 is 0 Å². The van der Waals surface area contributed by atoms with Gasteiger partial charge in [0.1, 0.15) is 5.57 Å². The number of rotatable bonds is 2. The van der Waals surface area contributed by atoms with Crippen LogP contribution in [-0.4, -0.2) is 21.5 Å². The average molecular weight is 388 g/mol. The molecule has 5 nitrogen and oxygen atoms in total. The minimum atomic E-state index is -0.514. The highest BCUT2D eigenvalue weighted by atomic mass is 35.5. The van der Waals surface area contributed by atoms with Gasteiger partial charge in [-0.15, -0.1) is 0 Å². The van der Waals surface area contributed by atoms with E-state index >= 15 is 0 Å². The maximum atomic E-state index is 13.0. The number of nitrogens with one attached hydrogen (secondary N) is 1. The summed E-state index contributed by atoms with van der Waals surface area (Å²) in [7, 11) is 0. The monoisotopic (exact) mass is 387 g/mol. The minimum absolute atomic E-state index is 0.0165. The topological polar surface area (TPSA) is 54.3 Å². The highest BCUT2D eigenvalue weighted by molar-refractivity contribution is 7.80. The van der Waals surface area contributed by atoms with E-state index in [0.29, 0.717) is 10.7 Å². The van der Waals surface area contributed by atoms with E-state index in [0.717, 1.165) is 5.69 Å². The van der Waals surface area contributed by atoms with Gasteiger partial charge in [-0.1, -0.05) is 17.7 Å². The zero-order valence-electron chi connectivity index (χ0n) is 14.6. The van der Waals surface area contributed by atoms with E-state index in [2.05, 4.69) is 5.32 Å². The third-order valence-corrected chi connectivity index (χ3v) is 4.48. The van der Waals surface area contributed by atoms with Crippen molar-refractivity contribution in [1.29, 1.82) is 0 Å². The van der Waals surface area contributed by atoms with E-state index in [4.69, 9.17) is 23.8 Å². The largest absolute Gasteiger partial charge is 0.343 e. The van der Waals surface area contributed by atoms with E-state index in [1.165, 1.54) is 4.90 Å². The molecule has 3 rings (SSSR count). The number of halogens is 1. The molecule has 0 aliphatic carbocycles. The summed E-state index contributed by atoms with van der Waals surface area (Å²) < 4.78 is 2.00. The summed E-state index contributed by atoms with van der Waals surface area (Å²) in [6.45, 7) is 6.14. The van der Waals surface area contributed by atoms with Crippen LogP contribution in [0.2, 0.25) is 5.02 Å². The summed E-state index contributed by atoms with van der Waals surface area (Å²) in [6, 6.07) is 10.5. The number of hydrogen-bond donors (Lipinski definition) is 1. The number of anilines is 1. The Morgan fingerprint density at radius 3 is 2.54 bits per heavy atom. The van der Waals surface area contributed by atoms with Gasteiger partial charge in [-0.25, -0.2) is 0 Å². The fraction of sp³-hybridized carbons (Fsp3) is 0.211. The number of carbonyl (C=O) groups is 2. The van der Waals surface area contributed by atoms with Gasteiger partial charge in [0, 0.05) is 22.5 Å². The first-order valence-corrected chi connectivity index (χ1v) is 8.82. The van der Waals surface area contributed by atoms with Crippen molar-refractivity contribution in [3.05, 3.63) is 58.9 Å². The van der Waals surface area contributed by atoms with Gasteiger partial charge in [-0.05, 0) is 69.4 Å². The van der Waals surface area contributed by atoms with Crippen molar-refractivity contribution in [2.45, 2.75) is 26.3 Å². The van der Waals surface area contributed by atoms with E-state index in [9.17, 15) is 9.59 Å². The Bertz CT molecular complexity index is 940. The van der Waals surface area contributed by atoms with Crippen LogP contribution >= 0.6 is 23.8 Å². The molecule has 1 aromatic carbocycles. The molecule has 2 amide bonds. The number of amides is 2. The van der Waals surface area contributed by atoms with E-state index < -0.39 is 11.8 Å². The molecule has 2 heterocycles. The van der Waals surface area contributed by atoms with Crippen LogP contribution in [0.3, 0.4) is 0 Å². The van der Waals surface area contributed by atoms with Crippen molar-refractivity contribution in [2.75, 3.05) is 4.90 Å². The number of aromatic nitrogens is 1. The summed E-state index contributed by atoms with van der Waals surface area (Å²) in [5, 5.41) is 3.08. The molecular formula is C19H18ClN3O2S. The molecule has 0 spiro atoms. The predicted molar refractivity (Wildman–Crippen MR) is 107 cm³/mol. The molecule has 1 fully saturated rings. The van der Waals surface area contributed by atoms with Crippen molar-refractivity contribution in [3.63, 3.8) is 0 Å². The number of benzene rings is 1. The first-order chi connectivity index (χ1) is 12.2. The number of carbonyl (C=O) groups excluding carboxylic acids is 2. The van der Waals surface area contributed by atoms with Crippen LogP contribution in [0.5, 0.6) is 0 Å². The average Bonchev–Trinajstić information content (AvgIpc) is 3.00. The second-order valence-corrected chi connectivity index (χ2v) is 7.73. The first kappa shape index (κ1) is 18.4. The zero-order valence-corrected chi connectivity index (χ0v) is 16.2. The van der Waals surface area contributed by atoms with Crippen molar-refractivity contribution < 1.29 is 9.59 Å². The van der Waals surface area contributed by atoms with Gasteiger partial charge in [0.15, 0.2) is 5.11 Å². The minimum Gasteiger partial charge on any atom is -0.343 e. The van der Waals surface area contributed by atoms with Gasteiger partial charge < -0.3 is 4.57 Å². The Hall–Kier alpha value is -2.44. The molecule has 0 saturated carbocycles. The Balaban J connectivity index is 2.05. The molecule has 134 valence electrons. The summed E-state index contributed by atoms with van der Waals surface area (Å²) >= 11 is 11.2. The molecule has 1 aliphatic rings. The Kier molecular flexibility index (Phi) is 4.73. The summed E-state index contributed by atoms with van der Waals surface area (Å²) in [5.74, 6) is -0.998. The maximum absolute atomic E-state index is 13.0. The van der Waals surface area contributed by atoms with Crippen molar-refractivity contribution in [1.82, 2.24) is 9.88 Å². The molecule has 26 heavy (non-hydrogen) atoms. The molecule has 0 atom stereocenters. The molecule has 7 heteroatoms. The Morgan fingerprint density at radius 2 is 1.88 bits per heavy atom. The fourth-order valence-corrected chi connectivity index (χ4v) is 3.24. The molecule has 1 aromatic heterocycles. The third-order valence-electron chi connectivity index (χ3n) is 3.96. The predicted octanol–water partition coefficient (Wildman–Crippen LogP) is 3.73. The van der Waals surface area contributed by atoms with Crippen LogP contribution in [0.4, 0.5) is 5.69 Å². The second kappa shape index (κ2) is 6.70. The Morgan fingerprint density at radius 1 is 1.15 bits per heavy atom. The third kappa shape index (κ3) is 3.43. The summed E-state index contributed by atoms with van der Waals surface area (Å²) in [5.41, 5.74) is 1.09. The molecule has 1 N–H and O–H groups in total. The number of hydrogen-bond acceptors (Lipinski definition) is 3. The van der Waals surface area contributed by atoms with Gasteiger partial charge in [-0.3, -0.25) is 19.8 Å². The van der Waals surface area contributed by atoms with Gasteiger partial charge in [0.2, 0.25) is 0 Å². The quantitative estimate of drug-likeness (QED) is 0.485. The van der Waals surface area contributed by atoms with E-state index in [1.54, 1.807) is 30.3 Å².